The van der Waals surface area contributed by atoms with Crippen LogP contribution in [0.25, 0.3) is 0 Å². The van der Waals surface area contributed by atoms with Crippen LogP contribution in [-0.2, 0) is 13.1 Å². The highest BCUT2D eigenvalue weighted by molar-refractivity contribution is 9.10. The molecule has 0 saturated heterocycles. The summed E-state index contributed by atoms with van der Waals surface area (Å²) in [6, 6.07) is 2.14. The lowest BCUT2D eigenvalue weighted by molar-refractivity contribution is 0.424. The molecule has 0 aliphatic heterocycles. The van der Waals surface area contributed by atoms with Crippen LogP contribution >= 0.6 is 27.3 Å². The van der Waals surface area contributed by atoms with Gasteiger partial charge in [-0.25, -0.2) is 0 Å². The maximum Gasteiger partial charge on any atom is 0.0752 e. The summed E-state index contributed by atoms with van der Waals surface area (Å²) < 4.78 is 3.13. The minimum Gasteiger partial charge on any atom is -0.308 e. The van der Waals surface area contributed by atoms with Gasteiger partial charge in [-0.15, -0.1) is 11.3 Å². The molecule has 0 bridgehead atoms. The van der Waals surface area contributed by atoms with Gasteiger partial charge in [0.15, 0.2) is 0 Å². The Hall–Kier alpha value is -0.650. The summed E-state index contributed by atoms with van der Waals surface area (Å²) in [6.07, 6.45) is 4.04. The van der Waals surface area contributed by atoms with Crippen LogP contribution in [0.1, 0.15) is 31.2 Å². The van der Waals surface area contributed by atoms with Crippen LogP contribution in [0.2, 0.25) is 0 Å². The van der Waals surface area contributed by atoms with E-state index in [9.17, 15) is 0 Å². The molecular weight excluding hydrogens is 310 g/mol. The van der Waals surface area contributed by atoms with Gasteiger partial charge in [0.2, 0.25) is 0 Å². The molecule has 2 aromatic rings. The van der Waals surface area contributed by atoms with Crippen LogP contribution in [0.3, 0.4) is 0 Å². The lowest BCUT2D eigenvalue weighted by atomic mass is 10.1. The number of aromatic nitrogens is 2. The van der Waals surface area contributed by atoms with E-state index in [1.54, 1.807) is 11.3 Å². The third-order valence-corrected chi connectivity index (χ3v) is 4.13. The van der Waals surface area contributed by atoms with Crippen molar-refractivity contribution in [3.8, 4) is 0 Å². The van der Waals surface area contributed by atoms with Crippen LogP contribution in [0.5, 0.6) is 0 Å². The summed E-state index contributed by atoms with van der Waals surface area (Å²) >= 11 is 5.22. The van der Waals surface area contributed by atoms with Crippen molar-refractivity contribution in [1.82, 2.24) is 15.1 Å². The molecule has 0 atom stereocenters. The Balaban J connectivity index is 1.94. The molecule has 2 heterocycles. The van der Waals surface area contributed by atoms with Crippen molar-refractivity contribution in [2.75, 3.05) is 0 Å². The molecule has 0 fully saturated rings. The molecule has 0 amide bonds. The molecular formula is C13H18BrN3S. The fraction of sp³-hybridized carbons (Fsp3) is 0.462. The Kier molecular flexibility index (Phi) is 4.25. The van der Waals surface area contributed by atoms with Gasteiger partial charge in [0, 0.05) is 38.6 Å². The van der Waals surface area contributed by atoms with E-state index in [-0.39, 0.29) is 5.54 Å². The average molecular weight is 328 g/mol. The van der Waals surface area contributed by atoms with Crippen molar-refractivity contribution in [2.24, 2.45) is 0 Å². The predicted octanol–water partition coefficient (Wildman–Crippen LogP) is 3.64. The molecule has 0 radical (unpaired) electrons. The second kappa shape index (κ2) is 5.55. The zero-order valence-electron chi connectivity index (χ0n) is 10.9. The third-order valence-electron chi connectivity index (χ3n) is 2.45. The zero-order valence-corrected chi connectivity index (χ0v) is 13.3. The molecule has 2 rings (SSSR count). The zero-order chi connectivity index (χ0) is 13.2. The van der Waals surface area contributed by atoms with Gasteiger partial charge < -0.3 is 5.32 Å². The van der Waals surface area contributed by atoms with Crippen LogP contribution in [0.4, 0.5) is 0 Å². The SMILES string of the molecule is CC(C)(C)NCc1cnn(Cc2cc(Br)cs2)c1. The summed E-state index contributed by atoms with van der Waals surface area (Å²) in [7, 11) is 0. The maximum atomic E-state index is 4.39. The first-order valence-electron chi connectivity index (χ1n) is 5.92. The van der Waals surface area contributed by atoms with Gasteiger partial charge in [0.05, 0.1) is 12.7 Å². The van der Waals surface area contributed by atoms with E-state index in [1.807, 2.05) is 10.9 Å². The molecule has 3 nitrogen and oxygen atoms in total. The Morgan fingerprint density at radius 2 is 2.22 bits per heavy atom. The fourth-order valence-electron chi connectivity index (χ4n) is 1.55. The number of rotatable bonds is 4. The second-order valence-electron chi connectivity index (χ2n) is 5.38. The Morgan fingerprint density at radius 3 is 2.83 bits per heavy atom. The lowest BCUT2D eigenvalue weighted by Crippen LogP contribution is -2.34. The topological polar surface area (TPSA) is 29.9 Å². The molecule has 18 heavy (non-hydrogen) atoms. The number of nitrogens with zero attached hydrogens (tertiary/aromatic N) is 2. The molecule has 2 aromatic heterocycles. The quantitative estimate of drug-likeness (QED) is 0.929. The lowest BCUT2D eigenvalue weighted by Gasteiger charge is -2.19. The monoisotopic (exact) mass is 327 g/mol. The summed E-state index contributed by atoms with van der Waals surface area (Å²) in [5.74, 6) is 0. The van der Waals surface area contributed by atoms with E-state index >= 15 is 0 Å². The van der Waals surface area contributed by atoms with E-state index in [0.717, 1.165) is 17.6 Å². The van der Waals surface area contributed by atoms with Gasteiger partial charge >= 0.3 is 0 Å². The van der Waals surface area contributed by atoms with E-state index < -0.39 is 0 Å². The highest BCUT2D eigenvalue weighted by atomic mass is 79.9. The van der Waals surface area contributed by atoms with Gasteiger partial charge in [-0.1, -0.05) is 0 Å². The smallest absolute Gasteiger partial charge is 0.0752 e. The minimum absolute atomic E-state index is 0.140. The van der Waals surface area contributed by atoms with Crippen LogP contribution in [0.15, 0.2) is 28.3 Å². The largest absolute Gasteiger partial charge is 0.308 e. The molecule has 0 aliphatic rings. The van der Waals surface area contributed by atoms with Crippen molar-refractivity contribution in [2.45, 2.75) is 39.4 Å². The van der Waals surface area contributed by atoms with Crippen molar-refractivity contribution >= 4 is 27.3 Å². The minimum atomic E-state index is 0.140. The fourth-order valence-corrected chi connectivity index (χ4v) is 2.99. The highest BCUT2D eigenvalue weighted by Crippen LogP contribution is 2.20. The van der Waals surface area contributed by atoms with Gasteiger partial charge in [-0.2, -0.15) is 5.10 Å². The van der Waals surface area contributed by atoms with E-state index in [4.69, 9.17) is 0 Å². The van der Waals surface area contributed by atoms with Gasteiger partial charge in [-0.05, 0) is 42.8 Å². The van der Waals surface area contributed by atoms with Gasteiger partial charge in [0.25, 0.3) is 0 Å². The third kappa shape index (κ3) is 4.23. The average Bonchev–Trinajstić information content (AvgIpc) is 2.85. The molecule has 0 spiro atoms. The first-order valence-corrected chi connectivity index (χ1v) is 7.59. The summed E-state index contributed by atoms with van der Waals surface area (Å²) in [5.41, 5.74) is 1.36. The van der Waals surface area contributed by atoms with E-state index in [0.29, 0.717) is 0 Å². The first-order chi connectivity index (χ1) is 8.42. The first kappa shape index (κ1) is 13.8. The summed E-state index contributed by atoms with van der Waals surface area (Å²) in [6.45, 7) is 8.20. The molecule has 0 aromatic carbocycles. The molecule has 0 saturated carbocycles. The standard InChI is InChI=1S/C13H18BrN3S/c1-13(2,3)15-5-10-6-16-17(7-10)8-12-4-11(14)9-18-12/h4,6-7,9,15H,5,8H2,1-3H3. The summed E-state index contributed by atoms with van der Waals surface area (Å²) in [4.78, 5) is 1.31. The number of hydrogen-bond donors (Lipinski definition) is 1. The van der Waals surface area contributed by atoms with Crippen molar-refractivity contribution in [1.29, 1.82) is 0 Å². The predicted molar refractivity (Wildman–Crippen MR) is 79.9 cm³/mol. The molecule has 98 valence electrons. The van der Waals surface area contributed by atoms with E-state index in [2.05, 4.69) is 64.8 Å². The number of halogens is 1. The molecule has 0 aliphatic carbocycles. The highest BCUT2D eigenvalue weighted by Gasteiger charge is 2.09. The van der Waals surface area contributed by atoms with Crippen molar-refractivity contribution in [3.63, 3.8) is 0 Å². The Bertz CT molecular complexity index is 510. The van der Waals surface area contributed by atoms with E-state index in [1.165, 1.54) is 10.4 Å². The number of thiophene rings is 1. The number of hydrogen-bond acceptors (Lipinski definition) is 3. The van der Waals surface area contributed by atoms with Gasteiger partial charge in [-0.3, -0.25) is 4.68 Å². The van der Waals surface area contributed by atoms with Crippen LogP contribution < -0.4 is 5.32 Å². The second-order valence-corrected chi connectivity index (χ2v) is 7.29. The Labute approximate surface area is 120 Å². The molecule has 0 unspecified atom stereocenters. The molecule has 1 N–H and O–H groups in total. The molecule has 5 heteroatoms. The maximum absolute atomic E-state index is 4.39. The van der Waals surface area contributed by atoms with Crippen LogP contribution in [-0.4, -0.2) is 15.3 Å². The van der Waals surface area contributed by atoms with Crippen molar-refractivity contribution in [3.05, 3.63) is 38.8 Å². The number of nitrogens with one attached hydrogen (secondary N) is 1. The normalized spacial score (nSPS) is 12.0. The van der Waals surface area contributed by atoms with Crippen LogP contribution in [0, 0.1) is 0 Å². The van der Waals surface area contributed by atoms with Crippen molar-refractivity contribution < 1.29 is 0 Å². The Morgan fingerprint density at radius 1 is 1.44 bits per heavy atom. The summed E-state index contributed by atoms with van der Waals surface area (Å²) in [5, 5.41) is 9.95. The van der Waals surface area contributed by atoms with Gasteiger partial charge in [0.1, 0.15) is 0 Å².